The van der Waals surface area contributed by atoms with Crippen LogP contribution >= 0.6 is 0 Å². The molecule has 0 fully saturated rings. The molecule has 0 saturated heterocycles. The zero-order valence-corrected chi connectivity index (χ0v) is 16.0. The van der Waals surface area contributed by atoms with E-state index in [-0.39, 0.29) is 11.3 Å². The number of halogens is 6. The standard InChI is InChI=1S/C19H12F6N6O/c1-10-12(18(20,21)22)5-6-14-15(10)31(19(23,24)25)16(29-14)17(32)30-28-9-11(8-26)13-4-2-3-7-27-13/h2-7,9,28H,1H3,(H,30,32). The van der Waals surface area contributed by atoms with Crippen LogP contribution in [-0.2, 0) is 12.5 Å². The van der Waals surface area contributed by atoms with Gasteiger partial charge in [0.1, 0.15) is 6.07 Å². The van der Waals surface area contributed by atoms with Crippen molar-refractivity contribution in [2.75, 3.05) is 0 Å². The second-order valence-electron chi connectivity index (χ2n) is 6.33. The number of nitrogens with zero attached hydrogens (tertiary/aromatic N) is 4. The second-order valence-corrected chi connectivity index (χ2v) is 6.33. The summed E-state index contributed by atoms with van der Waals surface area (Å²) in [6, 6.07) is 7.83. The van der Waals surface area contributed by atoms with Crippen molar-refractivity contribution in [1.82, 2.24) is 25.4 Å². The number of nitrogens with one attached hydrogen (secondary N) is 2. The number of benzene rings is 1. The van der Waals surface area contributed by atoms with Crippen LogP contribution in [0.25, 0.3) is 16.6 Å². The first-order valence-corrected chi connectivity index (χ1v) is 8.69. The average molecular weight is 454 g/mol. The molecule has 0 aliphatic heterocycles. The van der Waals surface area contributed by atoms with Gasteiger partial charge in [0.25, 0.3) is 0 Å². The molecule has 0 aliphatic carbocycles. The van der Waals surface area contributed by atoms with Crippen molar-refractivity contribution in [3.8, 4) is 6.07 Å². The summed E-state index contributed by atoms with van der Waals surface area (Å²) in [5.74, 6) is -2.58. The Balaban J connectivity index is 1.99. The molecule has 13 heteroatoms. The maximum Gasteiger partial charge on any atom is 0.490 e. The van der Waals surface area contributed by atoms with E-state index in [9.17, 15) is 31.1 Å². The molecule has 0 atom stereocenters. The van der Waals surface area contributed by atoms with Gasteiger partial charge in [-0.2, -0.15) is 18.4 Å². The highest BCUT2D eigenvalue weighted by molar-refractivity contribution is 5.95. The molecule has 7 nitrogen and oxygen atoms in total. The fourth-order valence-electron chi connectivity index (χ4n) is 2.95. The van der Waals surface area contributed by atoms with Gasteiger partial charge in [-0.15, -0.1) is 13.2 Å². The summed E-state index contributed by atoms with van der Waals surface area (Å²) < 4.78 is 80.0. The molecule has 0 radical (unpaired) electrons. The molecule has 1 aromatic carbocycles. The van der Waals surface area contributed by atoms with Gasteiger partial charge >= 0.3 is 18.4 Å². The van der Waals surface area contributed by atoms with Crippen molar-refractivity contribution in [2.45, 2.75) is 19.4 Å². The third-order valence-corrected chi connectivity index (χ3v) is 4.30. The lowest BCUT2D eigenvalue weighted by molar-refractivity contribution is -0.201. The Labute approximate surface area is 176 Å². The molecule has 3 aromatic rings. The summed E-state index contributed by atoms with van der Waals surface area (Å²) in [5.41, 5.74) is 0.951. The lowest BCUT2D eigenvalue weighted by Crippen LogP contribution is -2.37. The number of aromatic nitrogens is 3. The van der Waals surface area contributed by atoms with Gasteiger partial charge in [-0.25, -0.2) is 9.55 Å². The third kappa shape index (κ3) is 4.34. The molecule has 0 saturated carbocycles. The van der Waals surface area contributed by atoms with E-state index in [0.717, 1.165) is 19.2 Å². The van der Waals surface area contributed by atoms with Gasteiger partial charge in [0.2, 0.25) is 5.82 Å². The van der Waals surface area contributed by atoms with Crippen molar-refractivity contribution in [3.63, 3.8) is 0 Å². The molecule has 2 aromatic heterocycles. The summed E-state index contributed by atoms with van der Waals surface area (Å²) in [4.78, 5) is 19.9. The number of hydrogen-bond donors (Lipinski definition) is 2. The number of carbonyl (C=O) groups excluding carboxylic acids is 1. The zero-order valence-electron chi connectivity index (χ0n) is 16.0. The Kier molecular flexibility index (Phi) is 5.80. The average Bonchev–Trinajstić information content (AvgIpc) is 3.12. The number of allylic oxidation sites excluding steroid dienone is 1. The third-order valence-electron chi connectivity index (χ3n) is 4.30. The quantitative estimate of drug-likeness (QED) is 0.353. The maximum absolute atomic E-state index is 13.7. The Morgan fingerprint density at radius 1 is 1.16 bits per heavy atom. The predicted octanol–water partition coefficient (Wildman–Crippen LogP) is 4.03. The fraction of sp³-hybridized carbons (Fsp3) is 0.158. The number of hydrazine groups is 1. The van der Waals surface area contributed by atoms with Gasteiger partial charge in [0, 0.05) is 12.4 Å². The summed E-state index contributed by atoms with van der Waals surface area (Å²) in [6.45, 7) is 0.865. The number of amides is 1. The lowest BCUT2D eigenvalue weighted by atomic mass is 10.1. The Morgan fingerprint density at radius 2 is 1.88 bits per heavy atom. The maximum atomic E-state index is 13.7. The number of hydrogen-bond acceptors (Lipinski definition) is 5. The van der Waals surface area contributed by atoms with E-state index >= 15 is 0 Å². The molecule has 0 bridgehead atoms. The molecule has 166 valence electrons. The molecule has 2 N–H and O–H groups in total. The number of imidazole rings is 1. The number of nitriles is 1. The van der Waals surface area contributed by atoms with Crippen LogP contribution in [0.3, 0.4) is 0 Å². The minimum atomic E-state index is -5.24. The predicted molar refractivity (Wildman–Crippen MR) is 99.2 cm³/mol. The number of aryl methyl sites for hydroxylation is 1. The molecular weight excluding hydrogens is 442 g/mol. The first kappa shape index (κ1) is 22.6. The van der Waals surface area contributed by atoms with Crippen LogP contribution in [0.1, 0.15) is 27.4 Å². The van der Waals surface area contributed by atoms with Crippen molar-refractivity contribution < 1.29 is 31.1 Å². The monoisotopic (exact) mass is 454 g/mol. The van der Waals surface area contributed by atoms with Crippen molar-refractivity contribution in [1.29, 1.82) is 5.26 Å². The van der Waals surface area contributed by atoms with Gasteiger partial charge in [0.05, 0.1) is 27.9 Å². The van der Waals surface area contributed by atoms with Crippen LogP contribution in [0.2, 0.25) is 0 Å². The van der Waals surface area contributed by atoms with Crippen LogP contribution in [0.5, 0.6) is 0 Å². The van der Waals surface area contributed by atoms with Crippen LogP contribution < -0.4 is 10.9 Å². The van der Waals surface area contributed by atoms with Gasteiger partial charge in [-0.1, -0.05) is 6.07 Å². The highest BCUT2D eigenvalue weighted by atomic mass is 19.4. The Morgan fingerprint density at radius 3 is 2.44 bits per heavy atom. The molecule has 0 aliphatic rings. The topological polar surface area (TPSA) is 95.6 Å². The van der Waals surface area contributed by atoms with E-state index in [2.05, 4.69) is 15.4 Å². The summed E-state index contributed by atoms with van der Waals surface area (Å²) in [5, 5.41) is 9.16. The van der Waals surface area contributed by atoms with Gasteiger partial charge in [-0.05, 0) is 36.8 Å². The zero-order chi connectivity index (χ0) is 23.7. The molecule has 32 heavy (non-hydrogen) atoms. The van der Waals surface area contributed by atoms with E-state index < -0.39 is 50.9 Å². The van der Waals surface area contributed by atoms with E-state index in [0.29, 0.717) is 6.07 Å². The van der Waals surface area contributed by atoms with Crippen molar-refractivity contribution in [3.05, 3.63) is 65.4 Å². The number of pyridine rings is 1. The van der Waals surface area contributed by atoms with Gasteiger partial charge < -0.3 is 5.43 Å². The Hall–Kier alpha value is -4.08. The first-order valence-electron chi connectivity index (χ1n) is 8.69. The van der Waals surface area contributed by atoms with Crippen molar-refractivity contribution in [2.24, 2.45) is 0 Å². The Bertz CT molecular complexity index is 1240. The number of carbonyl (C=O) groups is 1. The smallest absolute Gasteiger partial charge is 0.304 e. The van der Waals surface area contributed by atoms with Crippen molar-refractivity contribution >= 4 is 22.5 Å². The second kappa shape index (κ2) is 8.22. The van der Waals surface area contributed by atoms with E-state index in [1.165, 1.54) is 12.3 Å². The summed E-state index contributed by atoms with van der Waals surface area (Å²) >= 11 is 0. The lowest BCUT2D eigenvalue weighted by Gasteiger charge is -2.16. The molecule has 2 heterocycles. The largest absolute Gasteiger partial charge is 0.490 e. The van der Waals surface area contributed by atoms with Crippen LogP contribution in [0, 0.1) is 18.3 Å². The van der Waals surface area contributed by atoms with Crippen LogP contribution in [0.4, 0.5) is 26.3 Å². The minimum Gasteiger partial charge on any atom is -0.304 e. The molecule has 0 unspecified atom stereocenters. The number of fused-ring (bicyclic) bond motifs is 1. The van der Waals surface area contributed by atoms with Gasteiger partial charge in [0.15, 0.2) is 0 Å². The summed E-state index contributed by atoms with van der Waals surface area (Å²) in [7, 11) is 0. The number of alkyl halides is 6. The van der Waals surface area contributed by atoms with Gasteiger partial charge in [-0.3, -0.25) is 15.2 Å². The minimum absolute atomic E-state index is 0.0408. The highest BCUT2D eigenvalue weighted by Gasteiger charge is 2.40. The highest BCUT2D eigenvalue weighted by Crippen LogP contribution is 2.38. The SMILES string of the molecule is Cc1c(C(F)(F)F)ccc2nc(C(=O)NNC=C(C#N)c3ccccn3)n(C(F)(F)F)c12. The van der Waals surface area contributed by atoms with E-state index in [4.69, 9.17) is 5.26 Å². The van der Waals surface area contributed by atoms with Crippen LogP contribution in [0.15, 0.2) is 42.7 Å². The first-order chi connectivity index (χ1) is 14.9. The fourth-order valence-corrected chi connectivity index (χ4v) is 2.95. The molecular formula is C19H12F6N6O. The molecule has 1 amide bonds. The van der Waals surface area contributed by atoms with Crippen LogP contribution in [-0.4, -0.2) is 20.4 Å². The van der Waals surface area contributed by atoms with E-state index in [1.54, 1.807) is 18.2 Å². The molecule has 0 spiro atoms. The molecule has 3 rings (SSSR count). The summed E-state index contributed by atoms with van der Waals surface area (Å²) in [6.07, 6.45) is -7.74. The van der Waals surface area contributed by atoms with E-state index in [1.807, 2.05) is 5.43 Å². The normalized spacial score (nSPS) is 12.5. The number of rotatable bonds is 4.